The summed E-state index contributed by atoms with van der Waals surface area (Å²) in [5.74, 6) is -0.187. The molecule has 18 heavy (non-hydrogen) atoms. The molecule has 0 nitrogen and oxygen atoms in total. The number of fused-ring (bicyclic) bond motifs is 1. The molecule has 1 aliphatic rings. The predicted octanol–water partition coefficient (Wildman–Crippen LogP) is 4.59. The fourth-order valence-corrected chi connectivity index (χ4v) is 2.85. The first-order chi connectivity index (χ1) is 8.63. The van der Waals surface area contributed by atoms with E-state index in [1.807, 2.05) is 13.0 Å². The molecule has 2 aromatic rings. The van der Waals surface area contributed by atoms with Gasteiger partial charge in [-0.05, 0) is 82.1 Å². The summed E-state index contributed by atoms with van der Waals surface area (Å²) >= 11 is 3.26. The number of aryl methyl sites for hydroxylation is 3. The minimum absolute atomic E-state index is 0.187. The lowest BCUT2D eigenvalue weighted by Gasteiger charge is -2.19. The monoisotopic (exact) mass is 304 g/mol. The van der Waals surface area contributed by atoms with Gasteiger partial charge in [-0.15, -0.1) is 0 Å². The predicted molar refractivity (Wildman–Crippen MR) is 75.5 cm³/mol. The Bertz CT molecular complexity index is 617. The van der Waals surface area contributed by atoms with Gasteiger partial charge in [0.2, 0.25) is 0 Å². The van der Waals surface area contributed by atoms with Crippen LogP contribution in [0.1, 0.15) is 27.8 Å². The van der Waals surface area contributed by atoms with Crippen LogP contribution in [0.2, 0.25) is 0 Å². The van der Waals surface area contributed by atoms with Gasteiger partial charge in [0.25, 0.3) is 0 Å². The zero-order valence-corrected chi connectivity index (χ0v) is 11.8. The van der Waals surface area contributed by atoms with E-state index >= 15 is 0 Å². The summed E-state index contributed by atoms with van der Waals surface area (Å²) in [6, 6.07) is 10.2. The molecule has 2 heteroatoms. The minimum atomic E-state index is -0.187. The minimum Gasteiger partial charge on any atom is -0.206 e. The van der Waals surface area contributed by atoms with Crippen LogP contribution in [-0.4, -0.2) is 0 Å². The van der Waals surface area contributed by atoms with E-state index in [0.29, 0.717) is 4.47 Å². The van der Waals surface area contributed by atoms with Crippen molar-refractivity contribution >= 4 is 15.9 Å². The molecule has 92 valence electrons. The second-order valence-corrected chi connectivity index (χ2v) is 5.83. The number of hydrogen-bond donors (Lipinski definition) is 0. The van der Waals surface area contributed by atoms with Gasteiger partial charge in [-0.3, -0.25) is 0 Å². The molecule has 0 radical (unpaired) electrons. The third kappa shape index (κ3) is 2.10. The van der Waals surface area contributed by atoms with Crippen molar-refractivity contribution in [1.29, 1.82) is 0 Å². The highest BCUT2D eigenvalue weighted by Crippen LogP contribution is 2.27. The van der Waals surface area contributed by atoms with Crippen molar-refractivity contribution in [2.45, 2.75) is 26.2 Å². The van der Waals surface area contributed by atoms with Crippen molar-refractivity contribution in [2.75, 3.05) is 0 Å². The molecule has 0 N–H and O–H groups in total. The van der Waals surface area contributed by atoms with Gasteiger partial charge in [-0.1, -0.05) is 18.2 Å². The summed E-state index contributed by atoms with van der Waals surface area (Å²) < 4.78 is 13.9. The molecule has 0 bridgehead atoms. The highest BCUT2D eigenvalue weighted by Gasteiger charge is 2.13. The lowest BCUT2D eigenvalue weighted by atomic mass is 9.86. The van der Waals surface area contributed by atoms with E-state index in [-0.39, 0.29) is 5.82 Å². The van der Waals surface area contributed by atoms with Gasteiger partial charge in [-0.25, -0.2) is 4.39 Å². The average Bonchev–Trinajstić information content (AvgIpc) is 2.29. The lowest BCUT2D eigenvalue weighted by molar-refractivity contribution is 0.619. The first-order valence-corrected chi connectivity index (χ1v) is 6.98. The fraction of sp³-hybridized carbons (Fsp3) is 0.250. The van der Waals surface area contributed by atoms with E-state index in [4.69, 9.17) is 0 Å². The van der Waals surface area contributed by atoms with Gasteiger partial charge in [0, 0.05) is 0 Å². The van der Waals surface area contributed by atoms with Crippen LogP contribution >= 0.6 is 15.9 Å². The highest BCUT2D eigenvalue weighted by atomic mass is 79.9. The summed E-state index contributed by atoms with van der Waals surface area (Å²) in [7, 11) is 0. The van der Waals surface area contributed by atoms with Crippen LogP contribution in [0.4, 0.5) is 4.39 Å². The highest BCUT2D eigenvalue weighted by molar-refractivity contribution is 9.10. The Labute approximate surface area is 115 Å². The molecule has 0 unspecified atom stereocenters. The number of hydrogen-bond acceptors (Lipinski definition) is 0. The summed E-state index contributed by atoms with van der Waals surface area (Å²) in [6.07, 6.45) is 3.30. The zero-order chi connectivity index (χ0) is 12.7. The summed E-state index contributed by atoms with van der Waals surface area (Å²) in [5, 5.41) is 0. The normalized spacial score (nSPS) is 13.1. The molecule has 0 saturated carbocycles. The molecule has 0 aliphatic heterocycles. The number of benzene rings is 2. The van der Waals surface area contributed by atoms with Gasteiger partial charge < -0.3 is 0 Å². The van der Waals surface area contributed by atoms with Crippen LogP contribution in [0.25, 0.3) is 0 Å². The SMILES string of the molecule is Cc1cc(F)c(Br)cc1Cc1ccc2c(c1)CC2. The maximum Gasteiger partial charge on any atom is 0.137 e. The standard InChI is InChI=1S/C16H14BrF/c1-10-6-16(18)15(17)9-14(10)8-11-2-3-12-4-5-13(12)7-11/h2-3,6-7,9H,4-5,8H2,1H3. The van der Waals surface area contributed by atoms with E-state index in [1.54, 1.807) is 6.07 Å². The summed E-state index contributed by atoms with van der Waals surface area (Å²) in [4.78, 5) is 0. The molecule has 0 spiro atoms. The summed E-state index contributed by atoms with van der Waals surface area (Å²) in [6.45, 7) is 1.96. The molecule has 2 aromatic carbocycles. The molecule has 0 saturated heterocycles. The molecule has 0 amide bonds. The van der Waals surface area contributed by atoms with Gasteiger partial charge in [0.05, 0.1) is 4.47 Å². The zero-order valence-electron chi connectivity index (χ0n) is 10.3. The van der Waals surface area contributed by atoms with E-state index in [2.05, 4.69) is 34.1 Å². The van der Waals surface area contributed by atoms with E-state index in [1.165, 1.54) is 35.1 Å². The van der Waals surface area contributed by atoms with Crippen LogP contribution < -0.4 is 0 Å². The van der Waals surface area contributed by atoms with Crippen molar-refractivity contribution in [3.05, 3.63) is 68.4 Å². The first kappa shape index (κ1) is 11.9. The molecule has 0 atom stereocenters. The Kier molecular flexibility index (Phi) is 2.98. The maximum absolute atomic E-state index is 13.4. The molecule has 0 heterocycles. The molecule has 1 aliphatic carbocycles. The van der Waals surface area contributed by atoms with Crippen LogP contribution in [-0.2, 0) is 19.3 Å². The maximum atomic E-state index is 13.4. The lowest BCUT2D eigenvalue weighted by Crippen LogP contribution is -2.08. The average molecular weight is 305 g/mol. The molecule has 0 aromatic heterocycles. The first-order valence-electron chi connectivity index (χ1n) is 6.18. The van der Waals surface area contributed by atoms with Crippen molar-refractivity contribution in [2.24, 2.45) is 0 Å². The molecular weight excluding hydrogens is 291 g/mol. The number of rotatable bonds is 2. The third-order valence-corrected chi connectivity index (χ3v) is 4.32. The molecule has 0 fully saturated rings. The van der Waals surface area contributed by atoms with Crippen molar-refractivity contribution < 1.29 is 4.39 Å². The molecular formula is C16H14BrF. The number of halogens is 2. The third-order valence-electron chi connectivity index (χ3n) is 3.71. The Hall–Kier alpha value is -1.15. The largest absolute Gasteiger partial charge is 0.206 e. The second-order valence-electron chi connectivity index (χ2n) is 4.97. The van der Waals surface area contributed by atoms with Gasteiger partial charge >= 0.3 is 0 Å². The molecule has 3 rings (SSSR count). The Balaban J connectivity index is 1.92. The van der Waals surface area contributed by atoms with Crippen molar-refractivity contribution in [3.8, 4) is 0 Å². The van der Waals surface area contributed by atoms with Crippen LogP contribution in [0.15, 0.2) is 34.8 Å². The smallest absolute Gasteiger partial charge is 0.137 e. The van der Waals surface area contributed by atoms with E-state index in [9.17, 15) is 4.39 Å². The van der Waals surface area contributed by atoms with Crippen LogP contribution in [0.5, 0.6) is 0 Å². The van der Waals surface area contributed by atoms with Crippen molar-refractivity contribution in [1.82, 2.24) is 0 Å². The quantitative estimate of drug-likeness (QED) is 0.761. The second kappa shape index (κ2) is 4.51. The van der Waals surface area contributed by atoms with E-state index < -0.39 is 0 Å². The van der Waals surface area contributed by atoms with Gasteiger partial charge in [0.1, 0.15) is 5.82 Å². The van der Waals surface area contributed by atoms with Gasteiger partial charge in [0.15, 0.2) is 0 Å². The van der Waals surface area contributed by atoms with Gasteiger partial charge in [-0.2, -0.15) is 0 Å². The van der Waals surface area contributed by atoms with Crippen LogP contribution in [0.3, 0.4) is 0 Å². The Morgan fingerprint density at radius 1 is 1.11 bits per heavy atom. The topological polar surface area (TPSA) is 0 Å². The Morgan fingerprint density at radius 3 is 2.56 bits per heavy atom. The van der Waals surface area contributed by atoms with Crippen molar-refractivity contribution in [3.63, 3.8) is 0 Å². The summed E-state index contributed by atoms with van der Waals surface area (Å²) in [5.41, 5.74) is 6.47. The van der Waals surface area contributed by atoms with E-state index in [0.717, 1.165) is 12.0 Å². The van der Waals surface area contributed by atoms with Crippen LogP contribution in [0, 0.1) is 12.7 Å². The Morgan fingerprint density at radius 2 is 1.89 bits per heavy atom. The fourth-order valence-electron chi connectivity index (χ4n) is 2.46.